The summed E-state index contributed by atoms with van der Waals surface area (Å²) in [5, 5.41) is 4.79. The minimum atomic E-state index is -0.495. The van der Waals surface area contributed by atoms with Gasteiger partial charge >= 0.3 is 0 Å². The second-order valence-corrected chi connectivity index (χ2v) is 7.97. The molecule has 0 fully saturated rings. The van der Waals surface area contributed by atoms with Crippen LogP contribution in [-0.4, -0.2) is 19.7 Å². The zero-order valence-corrected chi connectivity index (χ0v) is 17.8. The third-order valence-corrected chi connectivity index (χ3v) is 5.57. The third-order valence-electron chi connectivity index (χ3n) is 5.04. The van der Waals surface area contributed by atoms with E-state index in [1.54, 1.807) is 12.1 Å². The summed E-state index contributed by atoms with van der Waals surface area (Å²) >= 11 is 12.0. The Morgan fingerprint density at radius 2 is 1.84 bits per heavy atom. The third kappa shape index (κ3) is 3.69. The summed E-state index contributed by atoms with van der Waals surface area (Å²) in [7, 11) is 1.83. The number of aryl methyl sites for hydroxylation is 1. The average molecular weight is 453 g/mol. The molecule has 5 nitrogen and oxygen atoms in total. The van der Waals surface area contributed by atoms with Crippen LogP contribution >= 0.6 is 23.2 Å². The molecule has 0 aliphatic heterocycles. The number of hydrogen-bond acceptors (Lipinski definition) is 4. The summed E-state index contributed by atoms with van der Waals surface area (Å²) < 4.78 is 21.8. The van der Waals surface area contributed by atoms with Crippen molar-refractivity contribution in [3.8, 4) is 22.8 Å². The molecule has 2 aromatic heterocycles. The summed E-state index contributed by atoms with van der Waals surface area (Å²) in [6.07, 6.45) is 0.508. The fourth-order valence-corrected chi connectivity index (χ4v) is 3.91. The lowest BCUT2D eigenvalue weighted by molar-refractivity contribution is 0.424. The lowest BCUT2D eigenvalue weighted by Gasteiger charge is -2.04. The lowest BCUT2D eigenvalue weighted by atomic mass is 10.1. The maximum Gasteiger partial charge on any atom is 0.258 e. The van der Waals surface area contributed by atoms with Crippen LogP contribution in [0, 0.1) is 5.82 Å². The average Bonchev–Trinajstić information content (AvgIpc) is 3.34. The Hall–Kier alpha value is -3.22. The van der Waals surface area contributed by atoms with Crippen LogP contribution in [0.5, 0.6) is 0 Å². The Morgan fingerprint density at radius 1 is 1.00 bits per heavy atom. The molecule has 0 N–H and O–H groups in total. The van der Waals surface area contributed by atoms with Crippen LogP contribution in [0.4, 0.5) is 4.39 Å². The zero-order chi connectivity index (χ0) is 21.5. The normalized spacial score (nSPS) is 11.4. The topological polar surface area (TPSA) is 56.7 Å². The van der Waals surface area contributed by atoms with Crippen molar-refractivity contribution in [1.82, 2.24) is 19.7 Å². The highest BCUT2D eigenvalue weighted by molar-refractivity contribution is 6.31. The van der Waals surface area contributed by atoms with E-state index in [1.165, 1.54) is 6.07 Å². The van der Waals surface area contributed by atoms with Crippen LogP contribution in [0.3, 0.4) is 0 Å². The Morgan fingerprint density at radius 3 is 2.68 bits per heavy atom. The van der Waals surface area contributed by atoms with E-state index < -0.39 is 5.82 Å². The fraction of sp³-hybridized carbons (Fsp3) is 0.0870. The number of fused-ring (bicyclic) bond motifs is 1. The van der Waals surface area contributed by atoms with E-state index in [4.69, 9.17) is 27.7 Å². The Labute approximate surface area is 187 Å². The smallest absolute Gasteiger partial charge is 0.258 e. The van der Waals surface area contributed by atoms with Gasteiger partial charge in [0, 0.05) is 24.1 Å². The predicted octanol–water partition coefficient (Wildman–Crippen LogP) is 6.33. The van der Waals surface area contributed by atoms with Gasteiger partial charge in [-0.15, -0.1) is 0 Å². The van der Waals surface area contributed by atoms with Crippen molar-refractivity contribution in [2.75, 3.05) is 0 Å². The number of nitrogens with zero attached hydrogens (tertiary/aromatic N) is 4. The van der Waals surface area contributed by atoms with Crippen LogP contribution in [0.1, 0.15) is 11.4 Å². The zero-order valence-electron chi connectivity index (χ0n) is 16.3. The van der Waals surface area contributed by atoms with Crippen LogP contribution in [0.25, 0.3) is 33.9 Å². The monoisotopic (exact) mass is 452 g/mol. The van der Waals surface area contributed by atoms with E-state index in [0.29, 0.717) is 40.1 Å². The van der Waals surface area contributed by atoms with Crippen molar-refractivity contribution < 1.29 is 8.91 Å². The van der Waals surface area contributed by atoms with Gasteiger partial charge in [0.25, 0.3) is 5.89 Å². The van der Waals surface area contributed by atoms with E-state index in [-0.39, 0.29) is 5.02 Å². The minimum absolute atomic E-state index is 0.0586. The fourth-order valence-electron chi connectivity index (χ4n) is 3.52. The van der Waals surface area contributed by atoms with Gasteiger partial charge in [0.05, 0.1) is 21.6 Å². The van der Waals surface area contributed by atoms with Gasteiger partial charge in [-0.3, -0.25) is 0 Å². The molecule has 0 atom stereocenters. The van der Waals surface area contributed by atoms with E-state index >= 15 is 0 Å². The molecular weight excluding hydrogens is 438 g/mol. The molecule has 0 spiro atoms. The largest absolute Gasteiger partial charge is 0.334 e. The molecule has 0 aliphatic rings. The quantitative estimate of drug-likeness (QED) is 0.319. The summed E-state index contributed by atoms with van der Waals surface area (Å²) in [6, 6.07) is 18.0. The van der Waals surface area contributed by atoms with E-state index in [1.807, 2.05) is 54.1 Å². The highest BCUT2D eigenvalue weighted by Gasteiger charge is 2.17. The highest BCUT2D eigenvalue weighted by atomic mass is 35.5. The molecule has 5 aromatic rings. The molecular formula is C23H15Cl2FN4O. The second-order valence-electron chi connectivity index (χ2n) is 7.12. The molecule has 0 amide bonds. The van der Waals surface area contributed by atoms with Gasteiger partial charge in [-0.1, -0.05) is 46.6 Å². The van der Waals surface area contributed by atoms with Crippen LogP contribution in [0.15, 0.2) is 65.2 Å². The molecule has 0 unspecified atom stereocenters. The number of hydrogen-bond donors (Lipinski definition) is 0. The Bertz CT molecular complexity index is 1430. The molecule has 154 valence electrons. The van der Waals surface area contributed by atoms with Crippen molar-refractivity contribution in [3.63, 3.8) is 0 Å². The van der Waals surface area contributed by atoms with Crippen molar-refractivity contribution >= 4 is 34.2 Å². The van der Waals surface area contributed by atoms with Gasteiger partial charge < -0.3 is 9.09 Å². The first-order valence-corrected chi connectivity index (χ1v) is 10.2. The first-order valence-electron chi connectivity index (χ1n) is 9.48. The second kappa shape index (κ2) is 7.80. The van der Waals surface area contributed by atoms with Gasteiger partial charge in [-0.25, -0.2) is 9.37 Å². The van der Waals surface area contributed by atoms with Crippen LogP contribution < -0.4 is 0 Å². The molecule has 0 saturated heterocycles. The molecule has 8 heteroatoms. The van der Waals surface area contributed by atoms with E-state index in [9.17, 15) is 4.39 Å². The van der Waals surface area contributed by atoms with Crippen LogP contribution in [0.2, 0.25) is 10.0 Å². The number of aromatic nitrogens is 4. The number of halogens is 3. The summed E-state index contributed by atoms with van der Waals surface area (Å²) in [6.45, 7) is 0. The van der Waals surface area contributed by atoms with E-state index in [0.717, 1.165) is 16.6 Å². The van der Waals surface area contributed by atoms with Crippen LogP contribution in [-0.2, 0) is 13.5 Å². The molecule has 5 rings (SSSR count). The van der Waals surface area contributed by atoms with Gasteiger partial charge in [0.2, 0.25) is 0 Å². The first-order chi connectivity index (χ1) is 15.0. The maximum absolute atomic E-state index is 14.5. The summed E-state index contributed by atoms with van der Waals surface area (Å²) in [5.74, 6) is 0.935. The van der Waals surface area contributed by atoms with Gasteiger partial charge in [0.15, 0.2) is 11.6 Å². The summed E-state index contributed by atoms with van der Waals surface area (Å²) in [5.41, 5.74) is 3.59. The SMILES string of the molecule is Cn1c(-c2cccc(Cl)c2F)nc2cc(-c3nc(Cc4cccc(Cl)c4)no3)ccc21. The Kier molecular flexibility index (Phi) is 4.96. The van der Waals surface area contributed by atoms with E-state index in [2.05, 4.69) is 15.1 Å². The molecule has 3 aromatic carbocycles. The Balaban J connectivity index is 1.49. The number of imidazole rings is 1. The van der Waals surface area contributed by atoms with Crippen molar-refractivity contribution in [2.24, 2.45) is 7.05 Å². The van der Waals surface area contributed by atoms with Gasteiger partial charge in [0.1, 0.15) is 5.82 Å². The lowest BCUT2D eigenvalue weighted by Crippen LogP contribution is -1.95. The van der Waals surface area contributed by atoms with Gasteiger partial charge in [-0.2, -0.15) is 4.98 Å². The summed E-state index contributed by atoms with van der Waals surface area (Å²) in [4.78, 5) is 9.11. The molecule has 2 heterocycles. The maximum atomic E-state index is 14.5. The highest BCUT2D eigenvalue weighted by Crippen LogP contribution is 2.31. The molecule has 0 aliphatic carbocycles. The van der Waals surface area contributed by atoms with Crippen molar-refractivity contribution in [1.29, 1.82) is 0 Å². The van der Waals surface area contributed by atoms with Crippen molar-refractivity contribution in [2.45, 2.75) is 6.42 Å². The standard InChI is InChI=1S/C23H15Cl2FN4O/c1-30-19-9-8-14(12-18(19)27-22(30)16-6-3-7-17(25)21(16)26)23-28-20(29-31-23)11-13-4-2-5-15(24)10-13/h2-10,12H,11H2,1H3. The van der Waals surface area contributed by atoms with Crippen molar-refractivity contribution in [3.05, 3.63) is 87.9 Å². The predicted molar refractivity (Wildman–Crippen MR) is 119 cm³/mol. The first kappa shape index (κ1) is 19.7. The molecule has 0 saturated carbocycles. The number of rotatable bonds is 4. The minimum Gasteiger partial charge on any atom is -0.334 e. The van der Waals surface area contributed by atoms with Gasteiger partial charge in [-0.05, 0) is 48.0 Å². The molecule has 0 bridgehead atoms. The molecule has 31 heavy (non-hydrogen) atoms. The molecule has 0 radical (unpaired) electrons. The number of benzene rings is 3.